The van der Waals surface area contributed by atoms with Gasteiger partial charge in [0.15, 0.2) is 11.5 Å². The molecule has 2 heterocycles. The number of piperidine rings is 1. The number of aliphatic hydroxyl groups is 1. The maximum Gasteiger partial charge on any atom is 0.573 e. The van der Waals surface area contributed by atoms with Crippen LogP contribution in [0.5, 0.6) is 17.2 Å². The monoisotopic (exact) mass is 544 g/mol. The lowest BCUT2D eigenvalue weighted by Gasteiger charge is -2.67. The molecule has 10 heteroatoms. The number of phenolic OH excluding ortho intramolecular Hbond substituents is 1. The van der Waals surface area contributed by atoms with E-state index in [1.807, 2.05) is 20.0 Å². The summed E-state index contributed by atoms with van der Waals surface area (Å²) in [5.74, 6) is -0.312. The highest BCUT2D eigenvalue weighted by Crippen LogP contribution is 2.69. The van der Waals surface area contributed by atoms with E-state index in [1.165, 1.54) is 30.4 Å². The summed E-state index contributed by atoms with van der Waals surface area (Å²) < 4.78 is 48.4. The number of rotatable bonds is 4. The number of aromatic hydroxyl groups is 1. The van der Waals surface area contributed by atoms with Crippen LogP contribution in [0.2, 0.25) is 0 Å². The van der Waals surface area contributed by atoms with E-state index in [9.17, 15) is 28.2 Å². The SMILES string of the molecule is CN(C(=O)/C=C/c1cccc(OC(F)(F)F)c1)C1CC[C@@]2(O)[C@H]3Cc4ccc(O)c5c4[C@@]2(CCN3C)C1(C)O5. The number of carbonyl (C=O) groups excluding carboxylic acids is 1. The molecular formula is C29H31F3N2O5. The number of nitrogens with zero attached hydrogens (tertiary/aromatic N) is 2. The summed E-state index contributed by atoms with van der Waals surface area (Å²) >= 11 is 0. The van der Waals surface area contributed by atoms with Gasteiger partial charge in [0.25, 0.3) is 0 Å². The Morgan fingerprint density at radius 3 is 2.77 bits per heavy atom. The molecule has 208 valence electrons. The Kier molecular flexibility index (Phi) is 5.59. The van der Waals surface area contributed by atoms with Gasteiger partial charge in [-0.3, -0.25) is 4.79 Å². The second-order valence-corrected chi connectivity index (χ2v) is 11.4. The fraction of sp³-hybridized carbons (Fsp3) is 0.483. The number of alkyl halides is 3. The lowest BCUT2D eigenvalue weighted by molar-refractivity contribution is -0.274. The maximum absolute atomic E-state index is 13.4. The van der Waals surface area contributed by atoms with Crippen molar-refractivity contribution in [3.8, 4) is 17.2 Å². The van der Waals surface area contributed by atoms with Gasteiger partial charge in [0.1, 0.15) is 11.4 Å². The summed E-state index contributed by atoms with van der Waals surface area (Å²) in [7, 11) is 3.70. The molecule has 1 spiro atoms. The summed E-state index contributed by atoms with van der Waals surface area (Å²) in [5, 5.41) is 23.2. The average molecular weight is 545 g/mol. The Balaban J connectivity index is 1.34. The van der Waals surface area contributed by atoms with Crippen molar-refractivity contribution >= 4 is 12.0 Å². The fourth-order valence-corrected chi connectivity index (χ4v) is 8.00. The highest BCUT2D eigenvalue weighted by atomic mass is 19.4. The zero-order chi connectivity index (χ0) is 28.0. The number of likely N-dealkylation sites (tertiary alicyclic amines) is 1. The highest BCUT2D eigenvalue weighted by molar-refractivity contribution is 5.92. The molecule has 2 aromatic rings. The first kappa shape index (κ1) is 26.0. The smallest absolute Gasteiger partial charge is 0.504 e. The Hall–Kier alpha value is -3.24. The van der Waals surface area contributed by atoms with E-state index >= 15 is 0 Å². The molecule has 2 unspecified atom stereocenters. The van der Waals surface area contributed by atoms with Crippen molar-refractivity contribution in [2.45, 2.75) is 67.7 Å². The van der Waals surface area contributed by atoms with Crippen molar-refractivity contribution < 1.29 is 37.7 Å². The summed E-state index contributed by atoms with van der Waals surface area (Å²) in [6.07, 6.45) is 0.148. The Morgan fingerprint density at radius 1 is 1.26 bits per heavy atom. The summed E-state index contributed by atoms with van der Waals surface area (Å²) in [6.45, 7) is 2.67. The molecule has 1 saturated heterocycles. The molecule has 2 bridgehead atoms. The summed E-state index contributed by atoms with van der Waals surface area (Å²) in [4.78, 5) is 17.2. The van der Waals surface area contributed by atoms with E-state index in [2.05, 4.69) is 9.64 Å². The molecule has 5 atom stereocenters. The first-order valence-corrected chi connectivity index (χ1v) is 13.1. The third-order valence-corrected chi connectivity index (χ3v) is 9.65. The van der Waals surface area contributed by atoms with Crippen LogP contribution in [0.25, 0.3) is 6.08 Å². The van der Waals surface area contributed by atoms with Crippen molar-refractivity contribution in [3.05, 3.63) is 59.2 Å². The van der Waals surface area contributed by atoms with Gasteiger partial charge in [0, 0.05) is 24.7 Å². The van der Waals surface area contributed by atoms with Crippen LogP contribution in [-0.2, 0) is 16.6 Å². The molecule has 2 aliphatic heterocycles. The van der Waals surface area contributed by atoms with Gasteiger partial charge in [-0.15, -0.1) is 13.2 Å². The van der Waals surface area contributed by atoms with Crippen LogP contribution >= 0.6 is 0 Å². The second kappa shape index (κ2) is 8.38. The van der Waals surface area contributed by atoms with Crippen molar-refractivity contribution in [3.63, 3.8) is 0 Å². The van der Waals surface area contributed by atoms with Gasteiger partial charge < -0.3 is 29.5 Å². The first-order valence-electron chi connectivity index (χ1n) is 13.1. The Labute approximate surface area is 224 Å². The number of amides is 1. The predicted octanol–water partition coefficient (Wildman–Crippen LogP) is 4.01. The van der Waals surface area contributed by atoms with Gasteiger partial charge in [-0.05, 0) is 81.6 Å². The quantitative estimate of drug-likeness (QED) is 0.567. The van der Waals surface area contributed by atoms with Gasteiger partial charge >= 0.3 is 6.36 Å². The number of phenols is 1. The van der Waals surface area contributed by atoms with Crippen LogP contribution in [0.4, 0.5) is 13.2 Å². The van der Waals surface area contributed by atoms with Gasteiger partial charge in [0.05, 0.1) is 17.1 Å². The molecule has 7 nitrogen and oxygen atoms in total. The van der Waals surface area contributed by atoms with E-state index in [4.69, 9.17) is 4.74 Å². The third-order valence-electron chi connectivity index (χ3n) is 9.65. The van der Waals surface area contributed by atoms with E-state index < -0.39 is 29.0 Å². The number of hydrogen-bond acceptors (Lipinski definition) is 6. The minimum atomic E-state index is -4.81. The highest BCUT2D eigenvalue weighted by Gasteiger charge is 2.78. The molecule has 2 fully saturated rings. The molecule has 39 heavy (non-hydrogen) atoms. The standard InChI is InChI=1S/C29H31F3N2O5/c1-26-21(34(3)23(36)10-7-17-5-4-6-19(15-17)38-29(30,31)32)11-12-28(37)22-16-18-8-9-20(35)25(39-26)24(18)27(26,28)13-14-33(22)2/h4-10,15,21-22,35,37H,11-14,16H2,1-3H3/b10-7+/t21?,22-,26?,27+,28-/m1/s1. The molecule has 1 saturated carbocycles. The average Bonchev–Trinajstić information content (AvgIpc) is 3.14. The maximum atomic E-state index is 13.4. The van der Waals surface area contributed by atoms with Crippen LogP contribution < -0.4 is 9.47 Å². The topological polar surface area (TPSA) is 82.5 Å². The van der Waals surface area contributed by atoms with Crippen LogP contribution in [0.3, 0.4) is 0 Å². The molecule has 2 aromatic carbocycles. The first-order chi connectivity index (χ1) is 18.3. The lowest BCUT2D eigenvalue weighted by atomic mass is 9.44. The van der Waals surface area contributed by atoms with Gasteiger partial charge in [0.2, 0.25) is 5.91 Å². The van der Waals surface area contributed by atoms with Gasteiger partial charge in [-0.1, -0.05) is 18.2 Å². The number of halogens is 3. The van der Waals surface area contributed by atoms with Crippen molar-refractivity contribution in [2.24, 2.45) is 0 Å². The Morgan fingerprint density at radius 2 is 2.03 bits per heavy atom. The third kappa shape index (κ3) is 3.53. The second-order valence-electron chi connectivity index (χ2n) is 11.4. The van der Waals surface area contributed by atoms with Crippen LogP contribution in [0.15, 0.2) is 42.5 Å². The minimum absolute atomic E-state index is 0.0204. The molecule has 2 aliphatic carbocycles. The zero-order valence-corrected chi connectivity index (χ0v) is 22.0. The van der Waals surface area contributed by atoms with E-state index in [0.29, 0.717) is 37.0 Å². The zero-order valence-electron chi connectivity index (χ0n) is 22.0. The molecule has 2 N–H and O–H groups in total. The van der Waals surface area contributed by atoms with Crippen LogP contribution in [-0.4, -0.2) is 76.2 Å². The number of ether oxygens (including phenoxy) is 2. The normalized spacial score (nSPS) is 33.0. The van der Waals surface area contributed by atoms with E-state index in [1.54, 1.807) is 24.1 Å². The molecule has 4 aliphatic rings. The van der Waals surface area contributed by atoms with Gasteiger partial charge in [-0.25, -0.2) is 0 Å². The van der Waals surface area contributed by atoms with Gasteiger partial charge in [-0.2, -0.15) is 0 Å². The Bertz CT molecular complexity index is 1380. The molecule has 0 aromatic heterocycles. The van der Waals surface area contributed by atoms with E-state index in [0.717, 1.165) is 17.7 Å². The largest absolute Gasteiger partial charge is 0.573 e. The van der Waals surface area contributed by atoms with Crippen molar-refractivity contribution in [2.75, 3.05) is 20.6 Å². The van der Waals surface area contributed by atoms with Crippen LogP contribution in [0, 0.1) is 0 Å². The van der Waals surface area contributed by atoms with Crippen LogP contribution in [0.1, 0.15) is 42.9 Å². The molecular weight excluding hydrogens is 513 g/mol. The number of likely N-dealkylation sites (N-methyl/N-ethyl adjacent to an activating group) is 2. The molecule has 6 rings (SSSR count). The molecule has 1 amide bonds. The lowest BCUT2D eigenvalue weighted by Crippen LogP contribution is -2.81. The molecule has 0 radical (unpaired) electrons. The predicted molar refractivity (Wildman–Crippen MR) is 136 cm³/mol. The number of benzene rings is 2. The fourth-order valence-electron chi connectivity index (χ4n) is 8.00. The summed E-state index contributed by atoms with van der Waals surface area (Å²) in [6, 6.07) is 8.39. The summed E-state index contributed by atoms with van der Waals surface area (Å²) in [5.41, 5.74) is -0.651. The number of hydrogen-bond donors (Lipinski definition) is 2. The van der Waals surface area contributed by atoms with Crippen molar-refractivity contribution in [1.29, 1.82) is 0 Å². The van der Waals surface area contributed by atoms with Crippen molar-refractivity contribution in [1.82, 2.24) is 9.80 Å². The number of carbonyl (C=O) groups is 1. The van der Waals surface area contributed by atoms with E-state index in [-0.39, 0.29) is 23.4 Å². The minimum Gasteiger partial charge on any atom is -0.504 e.